The van der Waals surface area contributed by atoms with Gasteiger partial charge in [0.05, 0.1) is 12.7 Å². The smallest absolute Gasteiger partial charge is 0.303 e. The van der Waals surface area contributed by atoms with E-state index in [0.717, 1.165) is 0 Å². The van der Waals surface area contributed by atoms with Crippen LogP contribution in [0.4, 0.5) is 0 Å². The van der Waals surface area contributed by atoms with Crippen LogP contribution in [0.3, 0.4) is 0 Å². The summed E-state index contributed by atoms with van der Waals surface area (Å²) in [4.78, 5) is 10.6. The molecule has 0 saturated carbocycles. The van der Waals surface area contributed by atoms with Crippen molar-refractivity contribution in [3.8, 4) is 17.2 Å². The average molecular weight is 311 g/mol. The van der Waals surface area contributed by atoms with Crippen molar-refractivity contribution in [1.29, 1.82) is 0 Å². The Hall–Kier alpha value is -2.08. The Bertz CT molecular complexity index is 642. The first-order valence-electron chi connectivity index (χ1n) is 6.37. The molecule has 0 aliphatic heterocycles. The van der Waals surface area contributed by atoms with Crippen molar-refractivity contribution in [2.45, 2.75) is 19.8 Å². The van der Waals surface area contributed by atoms with Gasteiger partial charge in [0, 0.05) is 17.9 Å². The van der Waals surface area contributed by atoms with Crippen molar-refractivity contribution in [3.63, 3.8) is 0 Å². The third kappa shape index (κ3) is 3.95. The molecule has 1 aromatic heterocycles. The molecule has 7 heteroatoms. The molecule has 0 saturated heterocycles. The molecule has 1 aromatic carbocycles. The van der Waals surface area contributed by atoms with Crippen molar-refractivity contribution in [2.24, 2.45) is 5.92 Å². The number of hydrogen-bond acceptors (Lipinski definition) is 5. The molecule has 1 heterocycles. The Morgan fingerprint density at radius 2 is 2.24 bits per heavy atom. The highest BCUT2D eigenvalue weighted by Gasteiger charge is 2.16. The van der Waals surface area contributed by atoms with E-state index in [2.05, 4.69) is 10.2 Å². The molecule has 0 fully saturated rings. The minimum atomic E-state index is -0.846. The van der Waals surface area contributed by atoms with Gasteiger partial charge in [-0.3, -0.25) is 4.79 Å². The number of ether oxygens (including phenoxy) is 1. The topological polar surface area (TPSA) is 85.5 Å². The molecule has 0 amide bonds. The summed E-state index contributed by atoms with van der Waals surface area (Å²) in [5.74, 6) is 0.331. The Morgan fingerprint density at radius 1 is 1.48 bits per heavy atom. The monoisotopic (exact) mass is 310 g/mol. The zero-order valence-electron chi connectivity index (χ0n) is 11.7. The minimum absolute atomic E-state index is 0.0575. The van der Waals surface area contributed by atoms with E-state index in [1.165, 1.54) is 7.11 Å². The van der Waals surface area contributed by atoms with Gasteiger partial charge in [-0.25, -0.2) is 0 Å². The number of nitrogens with zero attached hydrogens (tertiary/aromatic N) is 2. The van der Waals surface area contributed by atoms with Gasteiger partial charge in [-0.1, -0.05) is 18.5 Å². The summed E-state index contributed by atoms with van der Waals surface area (Å²) in [6.45, 7) is 1.82. The second kappa shape index (κ2) is 6.58. The van der Waals surface area contributed by atoms with Crippen LogP contribution < -0.4 is 4.74 Å². The van der Waals surface area contributed by atoms with Gasteiger partial charge in [-0.05, 0) is 24.1 Å². The lowest BCUT2D eigenvalue weighted by atomic mass is 10.0. The van der Waals surface area contributed by atoms with E-state index in [4.69, 9.17) is 25.9 Å². The summed E-state index contributed by atoms with van der Waals surface area (Å²) in [6, 6.07) is 5.10. The number of carboxylic acids is 1. The van der Waals surface area contributed by atoms with E-state index in [9.17, 15) is 4.79 Å². The Kier molecular flexibility index (Phi) is 4.80. The number of benzene rings is 1. The summed E-state index contributed by atoms with van der Waals surface area (Å²) in [5.41, 5.74) is 0.645. The van der Waals surface area contributed by atoms with Crippen LogP contribution in [0, 0.1) is 5.92 Å². The molecule has 1 unspecified atom stereocenters. The highest BCUT2D eigenvalue weighted by Crippen LogP contribution is 2.31. The summed E-state index contributed by atoms with van der Waals surface area (Å²) >= 11 is 5.90. The van der Waals surface area contributed by atoms with E-state index in [1.807, 2.05) is 6.92 Å². The number of carbonyl (C=O) groups is 1. The first kappa shape index (κ1) is 15.3. The van der Waals surface area contributed by atoms with E-state index in [1.54, 1.807) is 18.2 Å². The highest BCUT2D eigenvalue weighted by molar-refractivity contribution is 6.30. The molecule has 21 heavy (non-hydrogen) atoms. The standard InChI is InChI=1S/C14H15ClN2O4/c1-8(6-13(18)19)5-12-16-17-14(21-12)10-4-3-9(15)7-11(10)20-2/h3-4,7-8H,5-6H2,1-2H3,(H,18,19). The van der Waals surface area contributed by atoms with Gasteiger partial charge in [-0.2, -0.15) is 0 Å². The van der Waals surface area contributed by atoms with Crippen LogP contribution in [-0.2, 0) is 11.2 Å². The van der Waals surface area contributed by atoms with Crippen LogP contribution in [0.5, 0.6) is 5.75 Å². The fraction of sp³-hybridized carbons (Fsp3) is 0.357. The Balaban J connectivity index is 2.18. The second-order valence-electron chi connectivity index (χ2n) is 4.75. The molecule has 2 rings (SSSR count). The molecule has 0 bridgehead atoms. The van der Waals surface area contributed by atoms with Gasteiger partial charge >= 0.3 is 5.97 Å². The molecular weight excluding hydrogens is 296 g/mol. The average Bonchev–Trinajstić information content (AvgIpc) is 2.85. The molecule has 0 spiro atoms. The molecule has 0 aliphatic carbocycles. The largest absolute Gasteiger partial charge is 0.496 e. The maximum atomic E-state index is 10.6. The summed E-state index contributed by atoms with van der Waals surface area (Å²) in [7, 11) is 1.53. The Labute approximate surface area is 126 Å². The number of halogens is 1. The maximum absolute atomic E-state index is 10.6. The number of methoxy groups -OCH3 is 1. The molecule has 1 N–H and O–H groups in total. The van der Waals surface area contributed by atoms with Crippen molar-refractivity contribution < 1.29 is 19.1 Å². The van der Waals surface area contributed by atoms with E-state index >= 15 is 0 Å². The van der Waals surface area contributed by atoms with Crippen molar-refractivity contribution >= 4 is 17.6 Å². The van der Waals surface area contributed by atoms with Gasteiger partial charge in [0.15, 0.2) is 0 Å². The lowest BCUT2D eigenvalue weighted by Gasteiger charge is -2.05. The number of aromatic nitrogens is 2. The van der Waals surface area contributed by atoms with Crippen molar-refractivity contribution in [2.75, 3.05) is 7.11 Å². The Morgan fingerprint density at radius 3 is 2.90 bits per heavy atom. The predicted octanol–water partition coefficient (Wildman–Crippen LogP) is 3.05. The third-order valence-corrected chi connectivity index (χ3v) is 3.14. The molecule has 6 nitrogen and oxygen atoms in total. The van der Waals surface area contributed by atoms with E-state index in [-0.39, 0.29) is 12.3 Å². The lowest BCUT2D eigenvalue weighted by Crippen LogP contribution is -2.07. The van der Waals surface area contributed by atoms with Crippen LogP contribution in [0.1, 0.15) is 19.2 Å². The molecule has 2 aromatic rings. The van der Waals surface area contributed by atoms with Crippen molar-refractivity contribution in [1.82, 2.24) is 10.2 Å². The lowest BCUT2D eigenvalue weighted by molar-refractivity contribution is -0.137. The van der Waals surface area contributed by atoms with Gasteiger partial charge in [-0.15, -0.1) is 10.2 Å². The minimum Gasteiger partial charge on any atom is -0.496 e. The van der Waals surface area contributed by atoms with Gasteiger partial charge in [0.2, 0.25) is 5.89 Å². The summed E-state index contributed by atoms with van der Waals surface area (Å²) in [6.07, 6.45) is 0.469. The number of hydrogen-bond donors (Lipinski definition) is 1. The molecule has 1 atom stereocenters. The molecule has 112 valence electrons. The first-order chi connectivity index (χ1) is 9.99. The zero-order chi connectivity index (χ0) is 15.4. The number of rotatable bonds is 6. The van der Waals surface area contributed by atoms with Gasteiger partial charge in [0.1, 0.15) is 5.75 Å². The molecular formula is C14H15ClN2O4. The second-order valence-corrected chi connectivity index (χ2v) is 5.19. The summed E-state index contributed by atoms with van der Waals surface area (Å²) in [5, 5.41) is 17.2. The third-order valence-electron chi connectivity index (χ3n) is 2.91. The van der Waals surface area contributed by atoms with E-state index < -0.39 is 5.97 Å². The van der Waals surface area contributed by atoms with Crippen LogP contribution in [-0.4, -0.2) is 28.4 Å². The molecule has 0 radical (unpaired) electrons. The highest BCUT2D eigenvalue weighted by atomic mass is 35.5. The predicted molar refractivity (Wildman–Crippen MR) is 76.4 cm³/mol. The first-order valence-corrected chi connectivity index (χ1v) is 6.75. The van der Waals surface area contributed by atoms with E-state index in [0.29, 0.717) is 34.5 Å². The van der Waals surface area contributed by atoms with Gasteiger partial charge in [0.25, 0.3) is 5.89 Å². The number of carboxylic acid groups (broad SMARTS) is 1. The van der Waals surface area contributed by atoms with Crippen LogP contribution in [0.15, 0.2) is 22.6 Å². The quantitative estimate of drug-likeness (QED) is 0.882. The maximum Gasteiger partial charge on any atom is 0.303 e. The fourth-order valence-corrected chi connectivity index (χ4v) is 2.12. The van der Waals surface area contributed by atoms with Gasteiger partial charge < -0.3 is 14.3 Å². The SMILES string of the molecule is COc1cc(Cl)ccc1-c1nnc(CC(C)CC(=O)O)o1. The van der Waals surface area contributed by atoms with Crippen molar-refractivity contribution in [3.05, 3.63) is 29.1 Å². The van der Waals surface area contributed by atoms with Crippen LogP contribution >= 0.6 is 11.6 Å². The summed E-state index contributed by atoms with van der Waals surface area (Å²) < 4.78 is 10.8. The van der Waals surface area contributed by atoms with Crippen LogP contribution in [0.25, 0.3) is 11.5 Å². The number of aliphatic carboxylic acids is 1. The van der Waals surface area contributed by atoms with Crippen LogP contribution in [0.2, 0.25) is 5.02 Å². The normalized spacial score (nSPS) is 12.1. The molecule has 0 aliphatic rings. The zero-order valence-corrected chi connectivity index (χ0v) is 12.4. The fourth-order valence-electron chi connectivity index (χ4n) is 1.96.